The van der Waals surface area contributed by atoms with Crippen molar-refractivity contribution in [3.63, 3.8) is 0 Å². The molecule has 4 heteroatoms. The molecule has 0 atom stereocenters. The SMILES string of the molecule is Cc1ccc(OCc2nc(C)c(C)s2)cc1F. The molecular weight excluding hydrogens is 237 g/mol. The van der Waals surface area contributed by atoms with Gasteiger partial charge in [0.15, 0.2) is 0 Å². The Labute approximate surface area is 104 Å². The number of aromatic nitrogens is 1. The lowest BCUT2D eigenvalue weighted by Gasteiger charge is -2.04. The van der Waals surface area contributed by atoms with Gasteiger partial charge < -0.3 is 4.74 Å². The predicted molar refractivity (Wildman–Crippen MR) is 67.1 cm³/mol. The minimum atomic E-state index is -0.242. The standard InChI is InChI=1S/C13H14FNOS/c1-8-4-5-11(6-12(8)14)16-7-13-15-9(2)10(3)17-13/h4-6H,7H2,1-3H3. The smallest absolute Gasteiger partial charge is 0.140 e. The summed E-state index contributed by atoms with van der Waals surface area (Å²) in [7, 11) is 0. The highest BCUT2D eigenvalue weighted by molar-refractivity contribution is 7.11. The summed E-state index contributed by atoms with van der Waals surface area (Å²) in [5.41, 5.74) is 1.65. The lowest BCUT2D eigenvalue weighted by atomic mass is 10.2. The van der Waals surface area contributed by atoms with E-state index in [4.69, 9.17) is 4.74 Å². The van der Waals surface area contributed by atoms with E-state index in [1.165, 1.54) is 10.9 Å². The van der Waals surface area contributed by atoms with Gasteiger partial charge in [-0.25, -0.2) is 9.37 Å². The maximum Gasteiger partial charge on any atom is 0.140 e. The fourth-order valence-corrected chi connectivity index (χ4v) is 2.26. The molecule has 2 rings (SSSR count). The Hall–Kier alpha value is -1.42. The largest absolute Gasteiger partial charge is 0.486 e. The molecule has 0 N–H and O–H groups in total. The van der Waals surface area contributed by atoms with E-state index in [9.17, 15) is 4.39 Å². The predicted octanol–water partition coefficient (Wildman–Crippen LogP) is 3.79. The number of halogens is 1. The third-order valence-corrected chi connectivity index (χ3v) is 3.62. The van der Waals surface area contributed by atoms with E-state index in [-0.39, 0.29) is 5.82 Å². The molecule has 1 aromatic heterocycles. The van der Waals surface area contributed by atoms with Gasteiger partial charge in [-0.1, -0.05) is 6.07 Å². The summed E-state index contributed by atoms with van der Waals surface area (Å²) in [4.78, 5) is 5.56. The molecule has 0 saturated heterocycles. The van der Waals surface area contributed by atoms with E-state index in [1.807, 2.05) is 13.8 Å². The number of aryl methyl sites for hydroxylation is 3. The number of hydrogen-bond donors (Lipinski definition) is 0. The van der Waals surface area contributed by atoms with Crippen LogP contribution in [0.2, 0.25) is 0 Å². The van der Waals surface area contributed by atoms with Crippen LogP contribution in [-0.2, 0) is 6.61 Å². The molecule has 0 amide bonds. The highest BCUT2D eigenvalue weighted by atomic mass is 32.1. The number of ether oxygens (including phenoxy) is 1. The lowest BCUT2D eigenvalue weighted by molar-refractivity contribution is 0.303. The van der Waals surface area contributed by atoms with Crippen LogP contribution in [0.5, 0.6) is 5.75 Å². The molecule has 0 aliphatic heterocycles. The number of nitrogens with zero attached hydrogens (tertiary/aromatic N) is 1. The summed E-state index contributed by atoms with van der Waals surface area (Å²) >= 11 is 1.61. The molecule has 90 valence electrons. The van der Waals surface area contributed by atoms with Crippen LogP contribution in [0.25, 0.3) is 0 Å². The second kappa shape index (κ2) is 4.84. The molecule has 0 fully saturated rings. The zero-order valence-electron chi connectivity index (χ0n) is 10.1. The zero-order chi connectivity index (χ0) is 12.4. The van der Waals surface area contributed by atoms with E-state index in [0.29, 0.717) is 17.9 Å². The second-order valence-corrected chi connectivity index (χ2v) is 5.24. The van der Waals surface area contributed by atoms with Crippen LogP contribution in [0, 0.1) is 26.6 Å². The van der Waals surface area contributed by atoms with Crippen LogP contribution in [-0.4, -0.2) is 4.98 Å². The van der Waals surface area contributed by atoms with Gasteiger partial charge in [-0.3, -0.25) is 0 Å². The van der Waals surface area contributed by atoms with Gasteiger partial charge in [0.25, 0.3) is 0 Å². The zero-order valence-corrected chi connectivity index (χ0v) is 10.9. The Bertz CT molecular complexity index is 517. The van der Waals surface area contributed by atoms with Gasteiger partial charge >= 0.3 is 0 Å². The minimum Gasteiger partial charge on any atom is -0.486 e. The normalized spacial score (nSPS) is 10.6. The molecule has 0 radical (unpaired) electrons. The molecule has 0 unspecified atom stereocenters. The third-order valence-electron chi connectivity index (χ3n) is 2.58. The molecule has 0 saturated carbocycles. The number of hydrogen-bond acceptors (Lipinski definition) is 3. The number of rotatable bonds is 3. The van der Waals surface area contributed by atoms with Crippen molar-refractivity contribution in [2.24, 2.45) is 0 Å². The first-order chi connectivity index (χ1) is 8.06. The maximum atomic E-state index is 13.3. The Morgan fingerprint density at radius 3 is 2.65 bits per heavy atom. The van der Waals surface area contributed by atoms with Gasteiger partial charge in [0.1, 0.15) is 23.2 Å². The first kappa shape index (κ1) is 12.0. The topological polar surface area (TPSA) is 22.1 Å². The van der Waals surface area contributed by atoms with Crippen LogP contribution in [0.15, 0.2) is 18.2 Å². The Morgan fingerprint density at radius 1 is 1.29 bits per heavy atom. The highest BCUT2D eigenvalue weighted by Crippen LogP contribution is 2.20. The average molecular weight is 251 g/mol. The fraction of sp³-hybridized carbons (Fsp3) is 0.308. The van der Waals surface area contributed by atoms with E-state index in [1.54, 1.807) is 30.4 Å². The number of benzene rings is 1. The third kappa shape index (κ3) is 2.82. The second-order valence-electron chi connectivity index (χ2n) is 3.95. The van der Waals surface area contributed by atoms with Gasteiger partial charge in [0.2, 0.25) is 0 Å². The lowest BCUT2D eigenvalue weighted by Crippen LogP contribution is -1.95. The van der Waals surface area contributed by atoms with Crippen LogP contribution in [0.1, 0.15) is 21.1 Å². The summed E-state index contributed by atoms with van der Waals surface area (Å²) < 4.78 is 18.8. The van der Waals surface area contributed by atoms with Gasteiger partial charge in [-0.2, -0.15) is 0 Å². The molecular formula is C13H14FNOS. The van der Waals surface area contributed by atoms with Crippen molar-refractivity contribution in [3.8, 4) is 5.75 Å². The summed E-state index contributed by atoms with van der Waals surface area (Å²) in [6, 6.07) is 4.89. The first-order valence-electron chi connectivity index (χ1n) is 5.38. The van der Waals surface area contributed by atoms with Crippen molar-refractivity contribution >= 4 is 11.3 Å². The molecule has 0 spiro atoms. The molecule has 1 aromatic carbocycles. The van der Waals surface area contributed by atoms with Crippen LogP contribution >= 0.6 is 11.3 Å². The summed E-state index contributed by atoms with van der Waals surface area (Å²) in [5, 5.41) is 0.918. The molecule has 0 aliphatic rings. The van der Waals surface area contributed by atoms with Crippen molar-refractivity contribution in [3.05, 3.63) is 45.2 Å². The first-order valence-corrected chi connectivity index (χ1v) is 6.20. The summed E-state index contributed by atoms with van der Waals surface area (Å²) in [5.74, 6) is 0.299. The van der Waals surface area contributed by atoms with Crippen LogP contribution < -0.4 is 4.74 Å². The Kier molecular flexibility index (Phi) is 3.43. The van der Waals surface area contributed by atoms with Gasteiger partial charge in [-0.15, -0.1) is 11.3 Å². The van der Waals surface area contributed by atoms with Crippen LogP contribution in [0.3, 0.4) is 0 Å². The quantitative estimate of drug-likeness (QED) is 0.828. The van der Waals surface area contributed by atoms with E-state index in [2.05, 4.69) is 4.98 Å². The summed E-state index contributed by atoms with van der Waals surface area (Å²) in [6.07, 6.45) is 0. The molecule has 1 heterocycles. The number of thiazole rings is 1. The summed E-state index contributed by atoms with van der Waals surface area (Å²) in [6.45, 7) is 6.12. The maximum absolute atomic E-state index is 13.3. The van der Waals surface area contributed by atoms with Crippen molar-refractivity contribution in [2.75, 3.05) is 0 Å². The van der Waals surface area contributed by atoms with Crippen LogP contribution in [0.4, 0.5) is 4.39 Å². The molecule has 0 bridgehead atoms. The molecule has 2 aromatic rings. The molecule has 2 nitrogen and oxygen atoms in total. The van der Waals surface area contributed by atoms with Gasteiger partial charge in [0, 0.05) is 10.9 Å². The Balaban J connectivity index is 2.04. The van der Waals surface area contributed by atoms with Crippen molar-refractivity contribution in [1.29, 1.82) is 0 Å². The fourth-order valence-electron chi connectivity index (χ4n) is 1.41. The van der Waals surface area contributed by atoms with Gasteiger partial charge in [-0.05, 0) is 32.4 Å². The van der Waals surface area contributed by atoms with Crippen molar-refractivity contribution in [2.45, 2.75) is 27.4 Å². The molecule has 17 heavy (non-hydrogen) atoms. The molecule has 0 aliphatic carbocycles. The highest BCUT2D eigenvalue weighted by Gasteiger charge is 2.05. The van der Waals surface area contributed by atoms with Crippen molar-refractivity contribution in [1.82, 2.24) is 4.98 Å². The van der Waals surface area contributed by atoms with E-state index < -0.39 is 0 Å². The average Bonchev–Trinajstić information content (AvgIpc) is 2.60. The van der Waals surface area contributed by atoms with E-state index in [0.717, 1.165) is 10.7 Å². The van der Waals surface area contributed by atoms with Crippen molar-refractivity contribution < 1.29 is 9.13 Å². The minimum absolute atomic E-state index is 0.242. The Morgan fingerprint density at radius 2 is 2.06 bits per heavy atom. The monoisotopic (exact) mass is 251 g/mol. The van der Waals surface area contributed by atoms with E-state index >= 15 is 0 Å². The van der Waals surface area contributed by atoms with Gasteiger partial charge in [0.05, 0.1) is 5.69 Å².